The molecule has 0 aliphatic carbocycles. The predicted molar refractivity (Wildman–Crippen MR) is 184 cm³/mol. The number of benzene rings is 5. The van der Waals surface area contributed by atoms with E-state index in [0.29, 0.717) is 27.0 Å². The average Bonchev–Trinajstić information content (AvgIpc) is 3.04. The summed E-state index contributed by atoms with van der Waals surface area (Å²) in [7, 11) is 0. The minimum atomic E-state index is -0.631. The van der Waals surface area contributed by atoms with Crippen LogP contribution in [0.15, 0.2) is 144 Å². The van der Waals surface area contributed by atoms with Crippen LogP contribution in [0, 0.1) is 0 Å². The SMILES string of the molecule is O=C(Nc1cccc(SC(C(=O)Nc2cc(Cl)cc(Cl)c2)c2ccccc2)c1)/C(=C/c1ccccc1)NC(=O)c1ccccc1. The maximum atomic E-state index is 13.5. The Labute approximate surface area is 275 Å². The highest BCUT2D eigenvalue weighted by Crippen LogP contribution is 2.37. The zero-order valence-electron chi connectivity index (χ0n) is 23.7. The fraction of sp³-hybridized carbons (Fsp3) is 0.0278. The van der Waals surface area contributed by atoms with E-state index >= 15 is 0 Å². The third-order valence-electron chi connectivity index (χ3n) is 6.46. The molecule has 5 aromatic carbocycles. The number of thioether (sulfide) groups is 1. The third kappa shape index (κ3) is 9.09. The molecule has 0 aliphatic rings. The highest BCUT2D eigenvalue weighted by molar-refractivity contribution is 8.00. The molecule has 0 spiro atoms. The number of hydrogen-bond acceptors (Lipinski definition) is 4. The van der Waals surface area contributed by atoms with Gasteiger partial charge in [0, 0.05) is 31.9 Å². The summed E-state index contributed by atoms with van der Waals surface area (Å²) in [6.45, 7) is 0. The number of halogens is 2. The van der Waals surface area contributed by atoms with Gasteiger partial charge in [0.1, 0.15) is 10.9 Å². The first-order chi connectivity index (χ1) is 21.8. The van der Waals surface area contributed by atoms with Gasteiger partial charge in [0.15, 0.2) is 0 Å². The van der Waals surface area contributed by atoms with Crippen molar-refractivity contribution in [2.24, 2.45) is 0 Å². The van der Waals surface area contributed by atoms with E-state index < -0.39 is 17.1 Å². The summed E-state index contributed by atoms with van der Waals surface area (Å²) in [5, 5.41) is 8.74. The Bertz CT molecular complexity index is 1810. The Morgan fingerprint density at radius 1 is 0.644 bits per heavy atom. The second kappa shape index (κ2) is 15.3. The molecule has 6 nitrogen and oxygen atoms in total. The van der Waals surface area contributed by atoms with Crippen LogP contribution in [0.4, 0.5) is 11.4 Å². The van der Waals surface area contributed by atoms with Gasteiger partial charge >= 0.3 is 0 Å². The van der Waals surface area contributed by atoms with Crippen LogP contribution in [-0.2, 0) is 9.59 Å². The van der Waals surface area contributed by atoms with Crippen LogP contribution in [-0.4, -0.2) is 17.7 Å². The largest absolute Gasteiger partial charge is 0.325 e. The van der Waals surface area contributed by atoms with Gasteiger partial charge in [-0.2, -0.15) is 0 Å². The molecule has 0 saturated carbocycles. The number of amides is 3. The Morgan fingerprint density at radius 2 is 1.27 bits per heavy atom. The molecule has 1 atom stereocenters. The fourth-order valence-corrected chi connectivity index (χ4v) is 5.98. The summed E-state index contributed by atoms with van der Waals surface area (Å²) in [6, 6.07) is 39.3. The zero-order chi connectivity index (χ0) is 31.6. The molecule has 0 aromatic heterocycles. The second-order valence-corrected chi connectivity index (χ2v) is 11.9. The van der Waals surface area contributed by atoms with Crippen molar-refractivity contribution < 1.29 is 14.4 Å². The van der Waals surface area contributed by atoms with Crippen molar-refractivity contribution in [1.82, 2.24) is 5.32 Å². The van der Waals surface area contributed by atoms with Crippen LogP contribution in [0.25, 0.3) is 6.08 Å². The Balaban J connectivity index is 1.37. The topological polar surface area (TPSA) is 87.3 Å². The van der Waals surface area contributed by atoms with Gasteiger partial charge in [0.2, 0.25) is 5.91 Å². The molecule has 0 aliphatic heterocycles. The van der Waals surface area contributed by atoms with E-state index in [0.717, 1.165) is 16.0 Å². The van der Waals surface area contributed by atoms with Gasteiger partial charge in [-0.15, -0.1) is 11.8 Å². The van der Waals surface area contributed by atoms with E-state index in [1.165, 1.54) is 11.8 Å². The summed E-state index contributed by atoms with van der Waals surface area (Å²) in [5.41, 5.74) is 3.02. The van der Waals surface area contributed by atoms with E-state index in [2.05, 4.69) is 16.0 Å². The molecule has 5 aromatic rings. The van der Waals surface area contributed by atoms with Gasteiger partial charge in [-0.1, -0.05) is 108 Å². The average molecular weight is 653 g/mol. The molecule has 3 amide bonds. The van der Waals surface area contributed by atoms with Crippen molar-refractivity contribution in [3.8, 4) is 0 Å². The molecule has 45 heavy (non-hydrogen) atoms. The Kier molecular flexibility index (Phi) is 10.7. The summed E-state index contributed by atoms with van der Waals surface area (Å²) in [5.74, 6) is -1.17. The lowest BCUT2D eigenvalue weighted by atomic mass is 10.1. The van der Waals surface area contributed by atoms with Crippen molar-refractivity contribution in [1.29, 1.82) is 0 Å². The summed E-state index contributed by atoms with van der Waals surface area (Å²) in [6.07, 6.45) is 1.62. The molecule has 0 saturated heterocycles. The first-order valence-corrected chi connectivity index (χ1v) is 15.5. The first kappa shape index (κ1) is 31.6. The number of anilines is 2. The molecule has 0 fully saturated rings. The van der Waals surface area contributed by atoms with Crippen molar-refractivity contribution in [2.45, 2.75) is 10.1 Å². The smallest absolute Gasteiger partial charge is 0.272 e. The van der Waals surface area contributed by atoms with Crippen LogP contribution in [0.1, 0.15) is 26.7 Å². The quantitative estimate of drug-likeness (QED) is 0.104. The van der Waals surface area contributed by atoms with Crippen LogP contribution in [0.3, 0.4) is 0 Å². The van der Waals surface area contributed by atoms with E-state index in [1.54, 1.807) is 66.7 Å². The first-order valence-electron chi connectivity index (χ1n) is 13.9. The van der Waals surface area contributed by atoms with E-state index in [9.17, 15) is 14.4 Å². The molecular formula is C36H27Cl2N3O3S. The van der Waals surface area contributed by atoms with Crippen LogP contribution >= 0.6 is 35.0 Å². The minimum absolute atomic E-state index is 0.0785. The molecule has 9 heteroatoms. The van der Waals surface area contributed by atoms with E-state index in [4.69, 9.17) is 23.2 Å². The molecule has 0 radical (unpaired) electrons. The lowest BCUT2D eigenvalue weighted by Crippen LogP contribution is -2.30. The van der Waals surface area contributed by atoms with Crippen molar-refractivity contribution in [3.63, 3.8) is 0 Å². The van der Waals surface area contributed by atoms with Gasteiger partial charge in [-0.25, -0.2) is 0 Å². The predicted octanol–water partition coefficient (Wildman–Crippen LogP) is 8.88. The Hall–Kier alpha value is -4.82. The molecule has 224 valence electrons. The van der Waals surface area contributed by atoms with Gasteiger partial charge in [0.05, 0.1) is 0 Å². The zero-order valence-corrected chi connectivity index (χ0v) is 26.1. The van der Waals surface area contributed by atoms with Gasteiger partial charge in [-0.05, 0) is 65.7 Å². The third-order valence-corrected chi connectivity index (χ3v) is 8.14. The van der Waals surface area contributed by atoms with Gasteiger partial charge in [-0.3, -0.25) is 14.4 Å². The number of carbonyl (C=O) groups excluding carboxylic acids is 3. The summed E-state index contributed by atoms with van der Waals surface area (Å²) < 4.78 is 0. The van der Waals surface area contributed by atoms with Crippen LogP contribution in [0.5, 0.6) is 0 Å². The number of hydrogen-bond donors (Lipinski definition) is 3. The standard InChI is InChI=1S/C36H27Cl2N3O3S/c37-27-20-28(38)22-30(21-27)40-36(44)33(25-13-6-2-7-14-25)45-31-18-10-17-29(23-31)39-35(43)32(19-24-11-4-1-5-12-24)41-34(42)26-15-8-3-9-16-26/h1-23,33H,(H,39,43)(H,40,44)(H,41,42)/b32-19-. The monoisotopic (exact) mass is 651 g/mol. The minimum Gasteiger partial charge on any atom is -0.325 e. The van der Waals surface area contributed by atoms with Crippen molar-refractivity contribution >= 4 is 70.1 Å². The lowest BCUT2D eigenvalue weighted by molar-refractivity contribution is -0.116. The highest BCUT2D eigenvalue weighted by Gasteiger charge is 2.23. The summed E-state index contributed by atoms with van der Waals surface area (Å²) >= 11 is 13.6. The summed E-state index contributed by atoms with van der Waals surface area (Å²) in [4.78, 5) is 40.8. The van der Waals surface area contributed by atoms with Crippen LogP contribution in [0.2, 0.25) is 10.0 Å². The number of rotatable bonds is 10. The second-order valence-electron chi connectivity index (χ2n) is 9.83. The molecular weight excluding hydrogens is 625 g/mol. The van der Waals surface area contributed by atoms with Crippen molar-refractivity contribution in [2.75, 3.05) is 10.6 Å². The lowest BCUT2D eigenvalue weighted by Gasteiger charge is -2.18. The number of carbonyl (C=O) groups is 3. The Morgan fingerprint density at radius 3 is 1.93 bits per heavy atom. The fourth-order valence-electron chi connectivity index (χ4n) is 4.37. The van der Waals surface area contributed by atoms with Crippen LogP contribution < -0.4 is 16.0 Å². The normalized spacial score (nSPS) is 11.7. The molecule has 1 unspecified atom stereocenters. The maximum absolute atomic E-state index is 13.5. The molecule has 0 heterocycles. The highest BCUT2D eigenvalue weighted by atomic mass is 35.5. The molecule has 3 N–H and O–H groups in total. The van der Waals surface area contributed by atoms with Gasteiger partial charge in [0.25, 0.3) is 11.8 Å². The van der Waals surface area contributed by atoms with E-state index in [1.807, 2.05) is 72.8 Å². The maximum Gasteiger partial charge on any atom is 0.272 e. The van der Waals surface area contributed by atoms with Gasteiger partial charge < -0.3 is 16.0 Å². The molecule has 0 bridgehead atoms. The molecule has 5 rings (SSSR count). The van der Waals surface area contributed by atoms with E-state index in [-0.39, 0.29) is 11.6 Å². The number of nitrogens with one attached hydrogen (secondary N) is 3. The van der Waals surface area contributed by atoms with Crippen molar-refractivity contribution in [3.05, 3.63) is 166 Å².